The quantitative estimate of drug-likeness (QED) is 0.705. The first-order valence-corrected chi connectivity index (χ1v) is 5.45. The van der Waals surface area contributed by atoms with E-state index in [1.807, 2.05) is 0 Å². The number of carbonyl (C=O) groups excluding carboxylic acids is 1. The van der Waals surface area contributed by atoms with E-state index in [-0.39, 0.29) is 25.7 Å². The lowest BCUT2D eigenvalue weighted by molar-refractivity contribution is -0.149. The molecule has 0 saturated carbocycles. The van der Waals surface area contributed by atoms with Gasteiger partial charge in [0.15, 0.2) is 0 Å². The number of rotatable bonds is 4. The van der Waals surface area contributed by atoms with Crippen LogP contribution in [0.15, 0.2) is 12.7 Å². The summed E-state index contributed by atoms with van der Waals surface area (Å²) >= 11 is 0. The van der Waals surface area contributed by atoms with Crippen LogP contribution in [0.5, 0.6) is 0 Å². The molecule has 18 heavy (non-hydrogen) atoms. The number of nitrogens with zero attached hydrogens (tertiary/aromatic N) is 3. The van der Waals surface area contributed by atoms with E-state index in [9.17, 15) is 9.59 Å². The zero-order valence-corrected chi connectivity index (χ0v) is 9.87. The number of carboxylic acids is 1. The minimum atomic E-state index is -1.09. The Balaban J connectivity index is 1.96. The molecular weight excluding hydrogens is 240 g/mol. The van der Waals surface area contributed by atoms with E-state index in [1.54, 1.807) is 6.92 Å². The van der Waals surface area contributed by atoms with Gasteiger partial charge in [-0.05, 0) is 6.92 Å². The summed E-state index contributed by atoms with van der Waals surface area (Å²) in [5.74, 6) is -1.30. The van der Waals surface area contributed by atoms with Crippen molar-refractivity contribution in [2.45, 2.75) is 19.5 Å². The number of carbonyl (C=O) groups is 2. The van der Waals surface area contributed by atoms with Crippen LogP contribution in [0.2, 0.25) is 0 Å². The fourth-order valence-corrected chi connectivity index (χ4v) is 1.79. The van der Waals surface area contributed by atoms with Gasteiger partial charge in [-0.15, -0.1) is 0 Å². The third-order valence-electron chi connectivity index (χ3n) is 3.05. The Hall–Kier alpha value is -1.96. The van der Waals surface area contributed by atoms with E-state index in [2.05, 4.69) is 15.4 Å². The maximum absolute atomic E-state index is 11.7. The normalized spacial score (nSPS) is 27.1. The fraction of sp³-hybridized carbons (Fsp3) is 0.600. The van der Waals surface area contributed by atoms with Gasteiger partial charge in [-0.1, -0.05) is 0 Å². The molecule has 1 aromatic heterocycles. The summed E-state index contributed by atoms with van der Waals surface area (Å²) in [6, 6.07) is -0.536. The Labute approximate surface area is 103 Å². The summed E-state index contributed by atoms with van der Waals surface area (Å²) < 4.78 is 6.50. The van der Waals surface area contributed by atoms with Gasteiger partial charge < -0.3 is 15.2 Å². The lowest BCUT2D eigenvalue weighted by atomic mass is 9.85. The van der Waals surface area contributed by atoms with Crippen LogP contribution in [0.4, 0.5) is 0 Å². The molecule has 0 aliphatic carbocycles. The Morgan fingerprint density at radius 2 is 2.44 bits per heavy atom. The van der Waals surface area contributed by atoms with E-state index in [1.165, 1.54) is 17.3 Å². The summed E-state index contributed by atoms with van der Waals surface area (Å²) in [7, 11) is 0. The maximum atomic E-state index is 11.7. The smallest absolute Gasteiger partial charge is 0.313 e. The molecule has 1 aromatic rings. The van der Waals surface area contributed by atoms with E-state index < -0.39 is 17.4 Å². The van der Waals surface area contributed by atoms with Crippen molar-refractivity contribution >= 4 is 11.9 Å². The molecule has 0 spiro atoms. The first kappa shape index (κ1) is 12.5. The molecule has 2 unspecified atom stereocenters. The highest BCUT2D eigenvalue weighted by atomic mass is 16.5. The van der Waals surface area contributed by atoms with Crippen molar-refractivity contribution in [1.29, 1.82) is 0 Å². The summed E-state index contributed by atoms with van der Waals surface area (Å²) in [5.41, 5.74) is -1.09. The zero-order valence-electron chi connectivity index (χ0n) is 9.87. The first-order chi connectivity index (χ1) is 8.52. The predicted octanol–water partition coefficient (Wildman–Crippen LogP) is -1.12. The highest BCUT2D eigenvalue weighted by Crippen LogP contribution is 2.28. The molecule has 8 nitrogen and oxygen atoms in total. The molecule has 98 valence electrons. The van der Waals surface area contributed by atoms with Crippen molar-refractivity contribution in [3.63, 3.8) is 0 Å². The van der Waals surface area contributed by atoms with Crippen molar-refractivity contribution in [3.8, 4) is 0 Å². The van der Waals surface area contributed by atoms with Crippen molar-refractivity contribution in [2.24, 2.45) is 5.41 Å². The molecule has 1 aliphatic heterocycles. The molecule has 1 fully saturated rings. The van der Waals surface area contributed by atoms with E-state index in [0.717, 1.165) is 0 Å². The predicted molar refractivity (Wildman–Crippen MR) is 58.5 cm³/mol. The Morgan fingerprint density at radius 3 is 3.06 bits per heavy atom. The van der Waals surface area contributed by atoms with Crippen LogP contribution in [-0.2, 0) is 20.9 Å². The SMILES string of the molecule is CC1(C(=O)O)COCC1NC(=O)Cn1cncn1. The van der Waals surface area contributed by atoms with Gasteiger partial charge in [0.1, 0.15) is 24.6 Å². The lowest BCUT2D eigenvalue weighted by Gasteiger charge is -2.25. The van der Waals surface area contributed by atoms with Crippen LogP contribution in [-0.4, -0.2) is 51.0 Å². The lowest BCUT2D eigenvalue weighted by Crippen LogP contribution is -2.50. The molecule has 0 bridgehead atoms. The van der Waals surface area contributed by atoms with Crippen molar-refractivity contribution in [2.75, 3.05) is 13.2 Å². The average Bonchev–Trinajstić information content (AvgIpc) is 2.90. The zero-order chi connectivity index (χ0) is 13.2. The van der Waals surface area contributed by atoms with E-state index in [4.69, 9.17) is 9.84 Å². The van der Waals surface area contributed by atoms with Crippen LogP contribution in [0.3, 0.4) is 0 Å². The third kappa shape index (κ3) is 2.33. The van der Waals surface area contributed by atoms with Crippen LogP contribution in [0, 0.1) is 5.41 Å². The van der Waals surface area contributed by atoms with E-state index >= 15 is 0 Å². The third-order valence-corrected chi connectivity index (χ3v) is 3.05. The molecule has 2 N–H and O–H groups in total. The van der Waals surface area contributed by atoms with Crippen LogP contribution < -0.4 is 5.32 Å². The molecule has 2 atom stereocenters. The van der Waals surface area contributed by atoms with Crippen LogP contribution in [0.25, 0.3) is 0 Å². The Kier molecular flexibility index (Phi) is 3.28. The second-order valence-corrected chi connectivity index (χ2v) is 4.45. The number of amides is 1. The second-order valence-electron chi connectivity index (χ2n) is 4.45. The number of carboxylic acid groups (broad SMARTS) is 1. The molecule has 2 rings (SSSR count). The van der Waals surface area contributed by atoms with Gasteiger partial charge in [-0.3, -0.25) is 9.59 Å². The summed E-state index contributed by atoms with van der Waals surface area (Å²) in [4.78, 5) is 26.6. The van der Waals surface area contributed by atoms with Gasteiger partial charge in [-0.25, -0.2) is 9.67 Å². The number of ether oxygens (including phenoxy) is 1. The number of aliphatic carboxylic acids is 1. The van der Waals surface area contributed by atoms with Gasteiger partial charge in [0.25, 0.3) is 0 Å². The van der Waals surface area contributed by atoms with Crippen molar-refractivity contribution in [1.82, 2.24) is 20.1 Å². The first-order valence-electron chi connectivity index (χ1n) is 5.45. The monoisotopic (exact) mass is 254 g/mol. The van der Waals surface area contributed by atoms with Gasteiger partial charge in [0, 0.05) is 0 Å². The highest BCUT2D eigenvalue weighted by molar-refractivity contribution is 5.80. The number of hydrogen-bond donors (Lipinski definition) is 2. The molecule has 0 aromatic carbocycles. The Morgan fingerprint density at radius 1 is 1.67 bits per heavy atom. The molecule has 0 radical (unpaired) electrons. The van der Waals surface area contributed by atoms with Crippen molar-refractivity contribution in [3.05, 3.63) is 12.7 Å². The molecule has 1 amide bonds. The standard InChI is InChI=1S/C10H14N4O4/c1-10(9(16)17)4-18-3-7(10)13-8(15)2-14-6-11-5-12-14/h5-7H,2-4H2,1H3,(H,13,15)(H,16,17). The summed E-state index contributed by atoms with van der Waals surface area (Å²) in [6.07, 6.45) is 2.74. The maximum Gasteiger partial charge on any atom is 0.313 e. The van der Waals surface area contributed by atoms with Gasteiger partial charge in [0.05, 0.1) is 19.3 Å². The molecule has 2 heterocycles. The fourth-order valence-electron chi connectivity index (χ4n) is 1.79. The summed E-state index contributed by atoms with van der Waals surface area (Å²) in [6.45, 7) is 1.86. The van der Waals surface area contributed by atoms with Gasteiger partial charge >= 0.3 is 5.97 Å². The molecular formula is C10H14N4O4. The topological polar surface area (TPSA) is 106 Å². The van der Waals surface area contributed by atoms with Gasteiger partial charge in [0.2, 0.25) is 5.91 Å². The Bertz CT molecular complexity index is 447. The number of nitrogens with one attached hydrogen (secondary N) is 1. The minimum absolute atomic E-state index is 0.00615. The van der Waals surface area contributed by atoms with Crippen LogP contribution >= 0.6 is 0 Å². The molecule has 1 aliphatic rings. The van der Waals surface area contributed by atoms with Crippen molar-refractivity contribution < 1.29 is 19.4 Å². The number of aromatic nitrogens is 3. The molecule has 1 saturated heterocycles. The second kappa shape index (κ2) is 4.73. The highest BCUT2D eigenvalue weighted by Gasteiger charge is 2.47. The largest absolute Gasteiger partial charge is 0.481 e. The molecule has 8 heteroatoms. The average molecular weight is 254 g/mol. The summed E-state index contributed by atoms with van der Waals surface area (Å²) in [5, 5.41) is 15.6. The number of hydrogen-bond acceptors (Lipinski definition) is 5. The minimum Gasteiger partial charge on any atom is -0.481 e. The van der Waals surface area contributed by atoms with Crippen LogP contribution in [0.1, 0.15) is 6.92 Å². The van der Waals surface area contributed by atoms with E-state index in [0.29, 0.717) is 0 Å². The van der Waals surface area contributed by atoms with Gasteiger partial charge in [-0.2, -0.15) is 5.10 Å².